The molecule has 1 amide bonds. The number of anilines is 2. The summed E-state index contributed by atoms with van der Waals surface area (Å²) in [7, 11) is 0. The van der Waals surface area contributed by atoms with E-state index >= 15 is 4.39 Å². The molecule has 0 fully saturated rings. The number of fused-ring (bicyclic) bond motifs is 1. The van der Waals surface area contributed by atoms with E-state index < -0.39 is 24.1 Å². The predicted octanol–water partition coefficient (Wildman–Crippen LogP) is 4.87. The van der Waals surface area contributed by atoms with E-state index in [4.69, 9.17) is 4.99 Å². The van der Waals surface area contributed by atoms with Gasteiger partial charge in [-0.3, -0.25) is 14.5 Å². The average molecular weight is 527 g/mol. The third kappa shape index (κ3) is 5.39. The maximum absolute atomic E-state index is 15.3. The van der Waals surface area contributed by atoms with Crippen LogP contribution in [0.25, 0.3) is 11.3 Å². The molecule has 1 aliphatic heterocycles. The first-order chi connectivity index (χ1) is 18.9. The lowest BCUT2D eigenvalue weighted by molar-refractivity contribution is 0.0877. The number of benzodiazepines with no additional fused rings is 1. The molecule has 0 spiro atoms. The maximum Gasteiger partial charge on any atom is 0.256 e. The summed E-state index contributed by atoms with van der Waals surface area (Å²) in [5, 5.41) is 24.4. The van der Waals surface area contributed by atoms with Gasteiger partial charge >= 0.3 is 0 Å². The number of para-hydroxylation sites is 1. The number of benzene rings is 3. The van der Waals surface area contributed by atoms with Crippen molar-refractivity contribution >= 4 is 23.0 Å². The van der Waals surface area contributed by atoms with E-state index in [1.807, 2.05) is 75.4 Å². The van der Waals surface area contributed by atoms with Gasteiger partial charge in [-0.2, -0.15) is 5.10 Å². The molecule has 5 rings (SSSR count). The lowest BCUT2D eigenvalue weighted by atomic mass is 10.0. The molecule has 4 N–H and O–H groups in total. The summed E-state index contributed by atoms with van der Waals surface area (Å²) in [4.78, 5) is 18.4. The number of aliphatic hydroxyl groups is 1. The number of aromatic nitrogens is 2. The number of rotatable bonds is 7. The molecule has 1 unspecified atom stereocenters. The molecule has 0 saturated carbocycles. The van der Waals surface area contributed by atoms with Gasteiger partial charge < -0.3 is 21.1 Å². The van der Waals surface area contributed by atoms with E-state index in [0.717, 1.165) is 11.1 Å². The number of carbonyl (C=O) groups is 1. The van der Waals surface area contributed by atoms with Gasteiger partial charge in [-0.05, 0) is 45.0 Å². The lowest BCUT2D eigenvalue weighted by Crippen LogP contribution is -2.45. The molecule has 0 bridgehead atoms. The maximum atomic E-state index is 15.3. The van der Waals surface area contributed by atoms with Crippen LogP contribution in [0.15, 0.2) is 84.0 Å². The SMILES string of the molecule is CCn1ncc(C(=O)N[C@H]2N=C(c3ccccc3)c3ccccc3NC2O)c1-c1ccc(NC(C)C)cc1F. The minimum absolute atomic E-state index is 0.143. The molecule has 3 aromatic carbocycles. The first-order valence-corrected chi connectivity index (χ1v) is 13.0. The second-order valence-electron chi connectivity index (χ2n) is 9.61. The minimum Gasteiger partial charge on any atom is -0.383 e. The summed E-state index contributed by atoms with van der Waals surface area (Å²) in [5.74, 6) is -0.998. The van der Waals surface area contributed by atoms with Crippen LogP contribution in [0.5, 0.6) is 0 Å². The van der Waals surface area contributed by atoms with Gasteiger partial charge in [0.2, 0.25) is 0 Å². The molecular formula is C30H31FN6O2. The monoisotopic (exact) mass is 526 g/mol. The van der Waals surface area contributed by atoms with Crippen LogP contribution in [0, 0.1) is 5.82 Å². The first kappa shape index (κ1) is 26.1. The molecule has 4 aromatic rings. The fourth-order valence-corrected chi connectivity index (χ4v) is 4.69. The highest BCUT2D eigenvalue weighted by atomic mass is 19.1. The molecule has 0 radical (unpaired) electrons. The number of aryl methyl sites for hydroxylation is 1. The zero-order chi connectivity index (χ0) is 27.5. The summed E-state index contributed by atoms with van der Waals surface area (Å²) in [6, 6.07) is 22.1. The van der Waals surface area contributed by atoms with Gasteiger partial charge in [0.05, 0.1) is 23.2 Å². The van der Waals surface area contributed by atoms with Crippen LogP contribution >= 0.6 is 0 Å². The molecule has 2 heterocycles. The highest BCUT2D eigenvalue weighted by Gasteiger charge is 2.29. The number of nitrogens with zero attached hydrogens (tertiary/aromatic N) is 3. The zero-order valence-electron chi connectivity index (χ0n) is 22.0. The summed E-state index contributed by atoms with van der Waals surface area (Å²) in [5.41, 5.74) is 4.42. The molecule has 0 saturated heterocycles. The van der Waals surface area contributed by atoms with Gasteiger partial charge in [0.25, 0.3) is 5.91 Å². The Morgan fingerprint density at radius 1 is 1.08 bits per heavy atom. The van der Waals surface area contributed by atoms with Gasteiger partial charge in [0.15, 0.2) is 12.4 Å². The normalized spacial score (nSPS) is 16.6. The number of hydrogen-bond acceptors (Lipinski definition) is 6. The minimum atomic E-state index is -1.21. The number of carbonyl (C=O) groups excluding carboxylic acids is 1. The molecule has 8 nitrogen and oxygen atoms in total. The van der Waals surface area contributed by atoms with Crippen LogP contribution in [-0.4, -0.2) is 44.9 Å². The number of aliphatic imine (C=N–C) groups is 1. The predicted molar refractivity (Wildman–Crippen MR) is 151 cm³/mol. The van der Waals surface area contributed by atoms with E-state index in [9.17, 15) is 9.90 Å². The molecule has 200 valence electrons. The van der Waals surface area contributed by atoms with Crippen molar-refractivity contribution in [3.05, 3.63) is 102 Å². The Morgan fingerprint density at radius 2 is 1.82 bits per heavy atom. The van der Waals surface area contributed by atoms with Crippen molar-refractivity contribution in [1.29, 1.82) is 0 Å². The number of aliphatic hydroxyl groups excluding tert-OH is 1. The second kappa shape index (κ2) is 11.1. The summed E-state index contributed by atoms with van der Waals surface area (Å²) < 4.78 is 16.9. The second-order valence-corrected chi connectivity index (χ2v) is 9.61. The van der Waals surface area contributed by atoms with Crippen LogP contribution < -0.4 is 16.0 Å². The average Bonchev–Trinajstić information content (AvgIpc) is 3.29. The van der Waals surface area contributed by atoms with Crippen LogP contribution in [0.1, 0.15) is 42.3 Å². The third-order valence-corrected chi connectivity index (χ3v) is 6.44. The molecule has 2 atom stereocenters. The Kier molecular flexibility index (Phi) is 7.42. The van der Waals surface area contributed by atoms with E-state index in [0.29, 0.717) is 29.3 Å². The van der Waals surface area contributed by atoms with E-state index in [1.54, 1.807) is 16.8 Å². The van der Waals surface area contributed by atoms with E-state index in [1.165, 1.54) is 12.3 Å². The molecule has 39 heavy (non-hydrogen) atoms. The van der Waals surface area contributed by atoms with Gasteiger partial charge in [-0.15, -0.1) is 0 Å². The van der Waals surface area contributed by atoms with Crippen molar-refractivity contribution in [1.82, 2.24) is 15.1 Å². The summed E-state index contributed by atoms with van der Waals surface area (Å²) >= 11 is 0. The fraction of sp³-hybridized carbons (Fsp3) is 0.233. The number of nitrogens with one attached hydrogen (secondary N) is 3. The molecule has 9 heteroatoms. The largest absolute Gasteiger partial charge is 0.383 e. The zero-order valence-corrected chi connectivity index (χ0v) is 22.0. The number of halogens is 1. The Labute approximate surface area is 226 Å². The number of amides is 1. The number of hydrogen-bond donors (Lipinski definition) is 4. The Hall–Kier alpha value is -4.50. The van der Waals surface area contributed by atoms with Crippen LogP contribution in [-0.2, 0) is 6.54 Å². The molecule has 1 aromatic heterocycles. The Bertz CT molecular complexity index is 1520. The van der Waals surface area contributed by atoms with Crippen molar-refractivity contribution in [3.63, 3.8) is 0 Å². The highest BCUT2D eigenvalue weighted by molar-refractivity contribution is 6.16. The van der Waals surface area contributed by atoms with Gasteiger partial charge in [-0.1, -0.05) is 48.5 Å². The first-order valence-electron chi connectivity index (χ1n) is 13.0. The smallest absolute Gasteiger partial charge is 0.256 e. The van der Waals surface area contributed by atoms with Crippen LogP contribution in [0.3, 0.4) is 0 Å². The van der Waals surface area contributed by atoms with Crippen molar-refractivity contribution in [3.8, 4) is 11.3 Å². The van der Waals surface area contributed by atoms with E-state index in [2.05, 4.69) is 21.0 Å². The standard InChI is InChI=1S/C30H31FN6O2/c1-4-37-27(21-15-14-20(16-24(21)31)33-18(2)3)23(17-32-37)29(38)36-28-30(39)34-25-13-9-8-12-22(25)26(35-28)19-10-6-5-7-11-19/h5-18,28,30,33-34,39H,4H2,1-3H3,(H,36,38)/t28-,30?/m1/s1. The third-order valence-electron chi connectivity index (χ3n) is 6.44. The quantitative estimate of drug-likeness (QED) is 0.275. The Morgan fingerprint density at radius 3 is 2.54 bits per heavy atom. The van der Waals surface area contributed by atoms with Gasteiger partial charge in [0.1, 0.15) is 5.82 Å². The van der Waals surface area contributed by atoms with Crippen molar-refractivity contribution in [2.75, 3.05) is 10.6 Å². The Balaban J connectivity index is 1.51. The fourth-order valence-electron chi connectivity index (χ4n) is 4.69. The lowest BCUT2D eigenvalue weighted by Gasteiger charge is -2.21. The van der Waals surface area contributed by atoms with E-state index in [-0.39, 0.29) is 17.2 Å². The summed E-state index contributed by atoms with van der Waals surface area (Å²) in [6.45, 7) is 6.26. The van der Waals surface area contributed by atoms with Gasteiger partial charge in [-0.25, -0.2) is 4.39 Å². The topological polar surface area (TPSA) is 104 Å². The summed E-state index contributed by atoms with van der Waals surface area (Å²) in [6.07, 6.45) is -0.819. The highest BCUT2D eigenvalue weighted by Crippen LogP contribution is 2.30. The van der Waals surface area contributed by atoms with Crippen LogP contribution in [0.2, 0.25) is 0 Å². The van der Waals surface area contributed by atoms with Crippen molar-refractivity contribution in [2.45, 2.75) is 45.8 Å². The van der Waals surface area contributed by atoms with Crippen LogP contribution in [0.4, 0.5) is 15.8 Å². The molecule has 1 aliphatic rings. The van der Waals surface area contributed by atoms with Crippen molar-refractivity contribution in [2.24, 2.45) is 4.99 Å². The van der Waals surface area contributed by atoms with Gasteiger partial charge in [0, 0.05) is 40.7 Å². The van der Waals surface area contributed by atoms with Crippen molar-refractivity contribution < 1.29 is 14.3 Å². The molecule has 0 aliphatic carbocycles. The molecular weight excluding hydrogens is 495 g/mol.